The van der Waals surface area contributed by atoms with Crippen LogP contribution in [0.5, 0.6) is 0 Å². The van der Waals surface area contributed by atoms with Crippen molar-refractivity contribution in [2.75, 3.05) is 40.6 Å². The van der Waals surface area contributed by atoms with Gasteiger partial charge in [-0.15, -0.1) is 0 Å². The van der Waals surface area contributed by atoms with Crippen LogP contribution in [0, 0.1) is 0 Å². The summed E-state index contributed by atoms with van der Waals surface area (Å²) >= 11 is 11.7. The molecule has 128 valence electrons. The first kappa shape index (κ1) is 19.7. The summed E-state index contributed by atoms with van der Waals surface area (Å²) < 4.78 is 15.3. The average Bonchev–Trinajstić information content (AvgIpc) is 2.54. The van der Waals surface area contributed by atoms with Crippen molar-refractivity contribution < 1.29 is 19.0 Å². The lowest BCUT2D eigenvalue weighted by Crippen LogP contribution is -2.33. The summed E-state index contributed by atoms with van der Waals surface area (Å²) in [5.74, 6) is -0.383. The van der Waals surface area contributed by atoms with Crippen molar-refractivity contribution in [1.82, 2.24) is 5.32 Å². The zero-order valence-electron chi connectivity index (χ0n) is 13.1. The molecule has 0 bridgehead atoms. The van der Waals surface area contributed by atoms with E-state index in [1.807, 2.05) is 0 Å². The van der Waals surface area contributed by atoms with E-state index in [0.717, 1.165) is 6.42 Å². The summed E-state index contributed by atoms with van der Waals surface area (Å²) in [6, 6.07) is 4.74. The maximum atomic E-state index is 12.2. The normalized spacial score (nSPS) is 11.4. The molecule has 1 amide bonds. The summed E-state index contributed by atoms with van der Waals surface area (Å²) in [5.41, 5.74) is 0.360. The highest BCUT2D eigenvalue weighted by Crippen LogP contribution is 2.22. The number of amides is 1. The largest absolute Gasteiger partial charge is 0.463 e. The minimum Gasteiger partial charge on any atom is -0.463 e. The number of methoxy groups -OCH3 is 2. The predicted octanol–water partition coefficient (Wildman–Crippen LogP) is 2.78. The van der Waals surface area contributed by atoms with Gasteiger partial charge in [0.2, 0.25) is 0 Å². The highest BCUT2D eigenvalue weighted by molar-refractivity contribution is 6.42. The Morgan fingerprint density at radius 1 is 1.13 bits per heavy atom. The Bertz CT molecular complexity index is 538. The summed E-state index contributed by atoms with van der Waals surface area (Å²) in [6.45, 7) is 1.72. The van der Waals surface area contributed by atoms with Crippen LogP contribution in [0.15, 0.2) is 23.2 Å². The van der Waals surface area contributed by atoms with Crippen LogP contribution in [0.25, 0.3) is 0 Å². The maximum Gasteiger partial charge on any atom is 0.291 e. The fraction of sp³-hybridized carbons (Fsp3) is 0.467. The van der Waals surface area contributed by atoms with E-state index in [0.29, 0.717) is 35.4 Å². The van der Waals surface area contributed by atoms with Crippen LogP contribution in [0.1, 0.15) is 16.8 Å². The monoisotopic (exact) mass is 362 g/mol. The van der Waals surface area contributed by atoms with E-state index in [9.17, 15) is 4.79 Å². The van der Waals surface area contributed by atoms with E-state index in [4.69, 9.17) is 37.4 Å². The molecule has 0 saturated carbocycles. The van der Waals surface area contributed by atoms with Crippen molar-refractivity contribution in [3.63, 3.8) is 0 Å². The van der Waals surface area contributed by atoms with Crippen LogP contribution in [-0.2, 0) is 14.2 Å². The summed E-state index contributed by atoms with van der Waals surface area (Å²) in [6.07, 6.45) is 0.719. The van der Waals surface area contributed by atoms with Gasteiger partial charge in [0, 0.05) is 32.9 Å². The molecule has 6 nitrogen and oxygen atoms in total. The first-order valence-electron chi connectivity index (χ1n) is 7.00. The standard InChI is InChI=1S/C15H20Cl2N2O4/c1-21-7-3-6-18-15(23-9-8-22-2)19-14(20)11-4-5-12(16)13(17)10-11/h4-5,10H,3,6-9H2,1-2H3,(H,18,19,20). The number of aliphatic imine (C=N–C) groups is 1. The topological polar surface area (TPSA) is 69.2 Å². The number of nitrogens with one attached hydrogen (secondary N) is 1. The second-order valence-electron chi connectivity index (χ2n) is 4.46. The third-order valence-electron chi connectivity index (χ3n) is 2.69. The number of halogens is 2. The third kappa shape index (κ3) is 7.65. The minimum atomic E-state index is -0.383. The van der Waals surface area contributed by atoms with Crippen molar-refractivity contribution >= 4 is 35.1 Å². The van der Waals surface area contributed by atoms with Gasteiger partial charge in [0.25, 0.3) is 11.9 Å². The number of rotatable bonds is 8. The molecule has 0 fully saturated rings. The first-order chi connectivity index (χ1) is 11.1. The predicted molar refractivity (Wildman–Crippen MR) is 90.6 cm³/mol. The van der Waals surface area contributed by atoms with Gasteiger partial charge in [0.05, 0.1) is 16.7 Å². The Balaban J connectivity index is 2.69. The van der Waals surface area contributed by atoms with Gasteiger partial charge < -0.3 is 14.2 Å². The summed E-state index contributed by atoms with van der Waals surface area (Å²) in [7, 11) is 3.18. The van der Waals surface area contributed by atoms with Gasteiger partial charge in [-0.3, -0.25) is 10.1 Å². The summed E-state index contributed by atoms with van der Waals surface area (Å²) in [5, 5.41) is 3.29. The molecule has 0 aliphatic rings. The number of ether oxygens (including phenoxy) is 3. The van der Waals surface area contributed by atoms with Crippen molar-refractivity contribution in [1.29, 1.82) is 0 Å². The van der Waals surface area contributed by atoms with E-state index >= 15 is 0 Å². The average molecular weight is 363 g/mol. The van der Waals surface area contributed by atoms with Gasteiger partial charge in [0.15, 0.2) is 0 Å². The lowest BCUT2D eigenvalue weighted by molar-refractivity contribution is 0.0954. The van der Waals surface area contributed by atoms with E-state index in [1.54, 1.807) is 26.4 Å². The number of benzene rings is 1. The van der Waals surface area contributed by atoms with E-state index in [-0.39, 0.29) is 18.5 Å². The molecule has 0 heterocycles. The Hall–Kier alpha value is -1.34. The quantitative estimate of drug-likeness (QED) is 0.438. The number of carbonyl (C=O) groups is 1. The van der Waals surface area contributed by atoms with Crippen molar-refractivity contribution in [3.8, 4) is 0 Å². The molecule has 0 aromatic heterocycles. The lowest BCUT2D eigenvalue weighted by atomic mass is 10.2. The molecule has 0 unspecified atom stereocenters. The SMILES string of the molecule is COCCCN=C(NC(=O)c1ccc(Cl)c(Cl)c1)OCCOC. The Labute approximate surface area is 145 Å². The zero-order chi connectivity index (χ0) is 17.1. The number of hydrogen-bond donors (Lipinski definition) is 1. The van der Waals surface area contributed by atoms with Crippen LogP contribution >= 0.6 is 23.2 Å². The fourth-order valence-corrected chi connectivity index (χ4v) is 1.84. The molecule has 0 atom stereocenters. The van der Waals surface area contributed by atoms with Gasteiger partial charge in [-0.05, 0) is 24.6 Å². The highest BCUT2D eigenvalue weighted by atomic mass is 35.5. The molecule has 1 aromatic carbocycles. The first-order valence-corrected chi connectivity index (χ1v) is 7.75. The van der Waals surface area contributed by atoms with Crippen molar-refractivity contribution in [3.05, 3.63) is 33.8 Å². The molecule has 1 aromatic rings. The van der Waals surface area contributed by atoms with Crippen LogP contribution in [0.3, 0.4) is 0 Å². The van der Waals surface area contributed by atoms with Gasteiger partial charge >= 0.3 is 0 Å². The maximum absolute atomic E-state index is 12.2. The van der Waals surface area contributed by atoms with E-state index in [1.165, 1.54) is 6.07 Å². The smallest absolute Gasteiger partial charge is 0.291 e. The number of amidine groups is 1. The Kier molecular flexibility index (Phi) is 9.63. The molecule has 8 heteroatoms. The molecular weight excluding hydrogens is 343 g/mol. The van der Waals surface area contributed by atoms with Crippen LogP contribution in [0.2, 0.25) is 10.0 Å². The molecule has 23 heavy (non-hydrogen) atoms. The fourth-order valence-electron chi connectivity index (χ4n) is 1.54. The van der Waals surface area contributed by atoms with Crippen LogP contribution in [-0.4, -0.2) is 52.5 Å². The highest BCUT2D eigenvalue weighted by Gasteiger charge is 2.11. The minimum absolute atomic E-state index is 0.134. The van der Waals surface area contributed by atoms with Crippen molar-refractivity contribution in [2.24, 2.45) is 4.99 Å². The second-order valence-corrected chi connectivity index (χ2v) is 5.27. The van der Waals surface area contributed by atoms with E-state index < -0.39 is 0 Å². The van der Waals surface area contributed by atoms with Gasteiger partial charge in [-0.1, -0.05) is 23.2 Å². The molecule has 0 aliphatic carbocycles. The van der Waals surface area contributed by atoms with Gasteiger partial charge in [-0.2, -0.15) is 0 Å². The van der Waals surface area contributed by atoms with Crippen molar-refractivity contribution in [2.45, 2.75) is 6.42 Å². The third-order valence-corrected chi connectivity index (χ3v) is 3.43. The molecule has 0 saturated heterocycles. The second kappa shape index (κ2) is 11.2. The zero-order valence-corrected chi connectivity index (χ0v) is 14.6. The number of nitrogens with zero attached hydrogens (tertiary/aromatic N) is 1. The summed E-state index contributed by atoms with van der Waals surface area (Å²) in [4.78, 5) is 16.4. The number of hydrogen-bond acceptors (Lipinski definition) is 5. The Morgan fingerprint density at radius 2 is 1.87 bits per heavy atom. The molecule has 1 rings (SSSR count). The Morgan fingerprint density at radius 3 is 2.52 bits per heavy atom. The van der Waals surface area contributed by atoms with Crippen LogP contribution < -0.4 is 5.32 Å². The molecule has 0 radical (unpaired) electrons. The van der Waals surface area contributed by atoms with E-state index in [2.05, 4.69) is 10.3 Å². The molecule has 0 spiro atoms. The van der Waals surface area contributed by atoms with Gasteiger partial charge in [0.1, 0.15) is 6.61 Å². The van der Waals surface area contributed by atoms with Crippen LogP contribution in [0.4, 0.5) is 0 Å². The molecule has 1 N–H and O–H groups in total. The lowest BCUT2D eigenvalue weighted by Gasteiger charge is -2.11. The molecule has 0 aliphatic heterocycles. The number of carbonyl (C=O) groups excluding carboxylic acids is 1. The van der Waals surface area contributed by atoms with Gasteiger partial charge in [-0.25, -0.2) is 4.99 Å². The molecular formula is C15H20Cl2N2O4.